The number of aliphatic carboxylic acids is 1. The number of nitrogens with zero attached hydrogens (tertiary/aromatic N) is 3. The van der Waals surface area contributed by atoms with Crippen LogP contribution in [0.2, 0.25) is 5.02 Å². The van der Waals surface area contributed by atoms with Crippen molar-refractivity contribution in [3.8, 4) is 5.69 Å². The molecule has 0 unspecified atom stereocenters. The van der Waals surface area contributed by atoms with Gasteiger partial charge in [-0.05, 0) is 34.1 Å². The van der Waals surface area contributed by atoms with Crippen LogP contribution in [0.1, 0.15) is 5.69 Å². The maximum Gasteiger partial charge on any atom is 0.309 e. The van der Waals surface area contributed by atoms with Crippen LogP contribution in [0.5, 0.6) is 0 Å². The molecule has 2 rings (SSSR count). The first-order valence-electron chi connectivity index (χ1n) is 4.64. The molecule has 1 aromatic heterocycles. The van der Waals surface area contributed by atoms with Crippen molar-refractivity contribution in [1.29, 1.82) is 0 Å². The van der Waals surface area contributed by atoms with Crippen molar-refractivity contribution in [3.63, 3.8) is 0 Å². The number of carboxylic acid groups (broad SMARTS) is 1. The summed E-state index contributed by atoms with van der Waals surface area (Å²) >= 11 is 9.25. The number of carboxylic acids is 1. The summed E-state index contributed by atoms with van der Waals surface area (Å²) in [6.07, 6.45) is 1.27. The molecule has 0 spiro atoms. The van der Waals surface area contributed by atoms with Gasteiger partial charge in [-0.15, -0.1) is 5.10 Å². The Labute approximate surface area is 110 Å². The van der Waals surface area contributed by atoms with Crippen LogP contribution in [-0.2, 0) is 11.2 Å². The number of carbonyl (C=O) groups is 1. The average molecular weight is 317 g/mol. The summed E-state index contributed by atoms with van der Waals surface area (Å²) < 4.78 is 2.21. The zero-order valence-electron chi connectivity index (χ0n) is 8.47. The molecule has 0 aliphatic carbocycles. The van der Waals surface area contributed by atoms with Crippen LogP contribution in [0.25, 0.3) is 5.69 Å². The number of benzene rings is 1. The maximum atomic E-state index is 10.7. The minimum Gasteiger partial charge on any atom is -0.481 e. The lowest BCUT2D eigenvalue weighted by molar-refractivity contribution is -0.136. The van der Waals surface area contributed by atoms with Crippen molar-refractivity contribution in [3.05, 3.63) is 39.6 Å². The lowest BCUT2D eigenvalue weighted by atomic mass is 10.3. The fourth-order valence-corrected chi connectivity index (χ4v) is 1.96. The molecule has 0 bridgehead atoms. The molecule has 7 heteroatoms. The summed E-state index contributed by atoms with van der Waals surface area (Å²) in [5.74, 6) is -0.938. The first-order valence-corrected chi connectivity index (χ1v) is 5.82. The lowest BCUT2D eigenvalue weighted by Gasteiger charge is -2.07. The van der Waals surface area contributed by atoms with E-state index in [1.54, 1.807) is 18.2 Å². The zero-order valence-corrected chi connectivity index (χ0v) is 10.8. The topological polar surface area (TPSA) is 68.0 Å². The number of rotatable bonds is 3. The Morgan fingerprint density at radius 1 is 1.53 bits per heavy atom. The highest BCUT2D eigenvalue weighted by Crippen LogP contribution is 2.25. The normalized spacial score (nSPS) is 10.5. The van der Waals surface area contributed by atoms with Gasteiger partial charge >= 0.3 is 5.97 Å². The molecule has 0 radical (unpaired) electrons. The van der Waals surface area contributed by atoms with Crippen LogP contribution >= 0.6 is 27.5 Å². The third-order valence-corrected chi connectivity index (χ3v) is 2.99. The van der Waals surface area contributed by atoms with E-state index in [2.05, 4.69) is 26.2 Å². The predicted molar refractivity (Wildman–Crippen MR) is 65.4 cm³/mol. The molecule has 1 aromatic carbocycles. The molecule has 2 aromatic rings. The maximum absolute atomic E-state index is 10.7. The standard InChI is InChI=1S/C10H7BrClN3O2/c11-8-2-1-6(12)3-9(8)15-7(4-10(16)17)5-13-14-15/h1-3,5H,4H2,(H,16,17). The van der Waals surface area contributed by atoms with Crippen molar-refractivity contribution >= 4 is 33.5 Å². The third-order valence-electron chi connectivity index (χ3n) is 2.09. The van der Waals surface area contributed by atoms with Crippen LogP contribution in [-0.4, -0.2) is 26.1 Å². The molecule has 0 saturated heterocycles. The highest BCUT2D eigenvalue weighted by Gasteiger charge is 2.12. The SMILES string of the molecule is O=C(O)Cc1cnnn1-c1cc(Cl)ccc1Br. The highest BCUT2D eigenvalue weighted by molar-refractivity contribution is 9.10. The van der Waals surface area contributed by atoms with E-state index < -0.39 is 5.97 Å². The molecule has 0 fully saturated rings. The van der Waals surface area contributed by atoms with E-state index in [1.165, 1.54) is 10.9 Å². The Morgan fingerprint density at radius 2 is 2.29 bits per heavy atom. The number of hydrogen-bond donors (Lipinski definition) is 1. The van der Waals surface area contributed by atoms with Gasteiger partial charge in [-0.1, -0.05) is 16.8 Å². The van der Waals surface area contributed by atoms with Gasteiger partial charge in [0.25, 0.3) is 0 Å². The summed E-state index contributed by atoms with van der Waals surface area (Å²) in [7, 11) is 0. The van der Waals surface area contributed by atoms with Crippen LogP contribution in [0.15, 0.2) is 28.9 Å². The third kappa shape index (κ3) is 2.65. The van der Waals surface area contributed by atoms with Gasteiger partial charge in [-0.2, -0.15) is 0 Å². The van der Waals surface area contributed by atoms with Gasteiger partial charge in [0.15, 0.2) is 0 Å². The Bertz CT molecular complexity index is 570. The van der Waals surface area contributed by atoms with Crippen LogP contribution in [0.3, 0.4) is 0 Å². The minimum atomic E-state index is -0.938. The fourth-order valence-electron chi connectivity index (χ4n) is 1.38. The average Bonchev–Trinajstić information content (AvgIpc) is 2.69. The molecule has 88 valence electrons. The molecule has 17 heavy (non-hydrogen) atoms. The molecule has 5 nitrogen and oxygen atoms in total. The van der Waals surface area contributed by atoms with E-state index in [4.69, 9.17) is 16.7 Å². The lowest BCUT2D eigenvalue weighted by Crippen LogP contribution is -2.08. The Balaban J connectivity index is 2.49. The van der Waals surface area contributed by atoms with E-state index in [1.807, 2.05) is 0 Å². The van der Waals surface area contributed by atoms with E-state index in [0.717, 1.165) is 4.47 Å². The predicted octanol–water partition coefficient (Wildman–Crippen LogP) is 2.31. The first-order chi connectivity index (χ1) is 8.08. The summed E-state index contributed by atoms with van der Waals surface area (Å²) in [6, 6.07) is 5.18. The molecular weight excluding hydrogens is 309 g/mol. The molecule has 0 atom stereocenters. The van der Waals surface area contributed by atoms with Crippen molar-refractivity contribution in [1.82, 2.24) is 15.0 Å². The monoisotopic (exact) mass is 315 g/mol. The molecule has 1 heterocycles. The van der Waals surface area contributed by atoms with Gasteiger partial charge in [0.1, 0.15) is 0 Å². The second-order valence-electron chi connectivity index (χ2n) is 3.30. The second kappa shape index (κ2) is 4.85. The van der Waals surface area contributed by atoms with Crippen LogP contribution in [0, 0.1) is 0 Å². The Morgan fingerprint density at radius 3 is 3.00 bits per heavy atom. The summed E-state index contributed by atoms with van der Waals surface area (Å²) in [5, 5.41) is 16.9. The highest BCUT2D eigenvalue weighted by atomic mass is 79.9. The van der Waals surface area contributed by atoms with Crippen LogP contribution in [0.4, 0.5) is 0 Å². The van der Waals surface area contributed by atoms with E-state index in [0.29, 0.717) is 16.4 Å². The molecule has 0 amide bonds. The van der Waals surface area contributed by atoms with Crippen molar-refractivity contribution in [2.45, 2.75) is 6.42 Å². The van der Waals surface area contributed by atoms with Gasteiger partial charge in [0.2, 0.25) is 0 Å². The van der Waals surface area contributed by atoms with Gasteiger partial charge < -0.3 is 5.11 Å². The van der Waals surface area contributed by atoms with Gasteiger partial charge in [0, 0.05) is 9.50 Å². The molecule has 0 saturated carbocycles. The Hall–Kier alpha value is -1.40. The summed E-state index contributed by atoms with van der Waals surface area (Å²) in [4.78, 5) is 10.7. The van der Waals surface area contributed by atoms with Crippen LogP contribution < -0.4 is 0 Å². The number of hydrogen-bond acceptors (Lipinski definition) is 3. The molecular formula is C10H7BrClN3O2. The minimum absolute atomic E-state index is 0.147. The largest absolute Gasteiger partial charge is 0.481 e. The second-order valence-corrected chi connectivity index (χ2v) is 4.59. The van der Waals surface area contributed by atoms with E-state index in [-0.39, 0.29) is 6.42 Å². The number of aromatic nitrogens is 3. The summed E-state index contributed by atoms with van der Waals surface area (Å²) in [5.41, 5.74) is 1.15. The quantitative estimate of drug-likeness (QED) is 0.943. The first kappa shape index (κ1) is 12.1. The van der Waals surface area contributed by atoms with Crippen molar-refractivity contribution < 1.29 is 9.90 Å². The smallest absolute Gasteiger partial charge is 0.309 e. The molecule has 0 aliphatic heterocycles. The zero-order chi connectivity index (χ0) is 12.4. The van der Waals surface area contributed by atoms with E-state index >= 15 is 0 Å². The van der Waals surface area contributed by atoms with Gasteiger partial charge in [-0.3, -0.25) is 4.79 Å². The molecule has 0 aliphatic rings. The van der Waals surface area contributed by atoms with Gasteiger partial charge in [-0.25, -0.2) is 4.68 Å². The summed E-state index contributed by atoms with van der Waals surface area (Å²) in [6.45, 7) is 0. The van der Waals surface area contributed by atoms with E-state index in [9.17, 15) is 4.79 Å². The molecule has 1 N–H and O–H groups in total. The van der Waals surface area contributed by atoms with Gasteiger partial charge in [0.05, 0.1) is 24.0 Å². The van der Waals surface area contributed by atoms with Crippen molar-refractivity contribution in [2.75, 3.05) is 0 Å². The fraction of sp³-hybridized carbons (Fsp3) is 0.100. The van der Waals surface area contributed by atoms with Crippen molar-refractivity contribution in [2.24, 2.45) is 0 Å². The Kier molecular flexibility index (Phi) is 3.44. The number of halogens is 2.